The number of hydrogen-bond donors (Lipinski definition) is 0. The number of hydrogen-bond acceptors (Lipinski definition) is 1. The average Bonchev–Trinajstić information content (AvgIpc) is 3.36. The van der Waals surface area contributed by atoms with E-state index in [0.717, 1.165) is 30.0 Å². The minimum atomic E-state index is 0.0881. The van der Waals surface area contributed by atoms with Crippen LogP contribution in [-0.2, 0) is 11.3 Å². The molecule has 0 spiro atoms. The summed E-state index contributed by atoms with van der Waals surface area (Å²) < 4.78 is 0. The highest BCUT2D eigenvalue weighted by atomic mass is 35.5. The quantitative estimate of drug-likeness (QED) is 0.740. The van der Waals surface area contributed by atoms with E-state index in [1.54, 1.807) is 0 Å². The molecule has 1 fully saturated rings. The predicted molar refractivity (Wildman–Crippen MR) is 94.5 cm³/mol. The van der Waals surface area contributed by atoms with Gasteiger partial charge in [0.15, 0.2) is 0 Å². The van der Waals surface area contributed by atoms with Gasteiger partial charge in [-0.25, -0.2) is 0 Å². The minimum absolute atomic E-state index is 0.0881. The van der Waals surface area contributed by atoms with E-state index < -0.39 is 0 Å². The molecule has 120 valence electrons. The van der Waals surface area contributed by atoms with Crippen molar-refractivity contribution in [3.63, 3.8) is 0 Å². The fourth-order valence-electron chi connectivity index (χ4n) is 3.16. The summed E-state index contributed by atoms with van der Waals surface area (Å²) in [6.45, 7) is 3.61. The lowest BCUT2D eigenvalue weighted by atomic mass is 10.1. The SMILES string of the molecule is CCCN(Cc1ccccc1)C(=O)C1CC1c1ccccc1Cl. The van der Waals surface area contributed by atoms with Crippen LogP contribution in [-0.4, -0.2) is 17.4 Å². The molecular formula is C20H22ClNO. The van der Waals surface area contributed by atoms with Crippen molar-refractivity contribution in [3.8, 4) is 0 Å². The summed E-state index contributed by atoms with van der Waals surface area (Å²) in [7, 11) is 0. The molecule has 1 aliphatic rings. The minimum Gasteiger partial charge on any atom is -0.338 e. The third-order valence-corrected chi connectivity index (χ3v) is 4.78. The molecule has 0 heterocycles. The van der Waals surface area contributed by atoms with Crippen molar-refractivity contribution in [1.29, 1.82) is 0 Å². The molecule has 0 bridgehead atoms. The molecule has 2 unspecified atom stereocenters. The Morgan fingerprint density at radius 3 is 2.52 bits per heavy atom. The van der Waals surface area contributed by atoms with Crippen LogP contribution in [0, 0.1) is 5.92 Å². The van der Waals surface area contributed by atoms with Crippen LogP contribution in [0.2, 0.25) is 5.02 Å². The summed E-state index contributed by atoms with van der Waals surface area (Å²) in [6.07, 6.45) is 1.89. The molecule has 1 saturated carbocycles. The zero-order valence-corrected chi connectivity index (χ0v) is 14.2. The molecular weight excluding hydrogens is 306 g/mol. The number of carbonyl (C=O) groups excluding carboxylic acids is 1. The van der Waals surface area contributed by atoms with Crippen LogP contribution in [0.4, 0.5) is 0 Å². The molecule has 2 aromatic carbocycles. The third-order valence-electron chi connectivity index (χ3n) is 4.43. The van der Waals surface area contributed by atoms with Gasteiger partial charge in [-0.05, 0) is 36.0 Å². The van der Waals surface area contributed by atoms with Gasteiger partial charge in [0.1, 0.15) is 0 Å². The molecule has 0 saturated heterocycles. The lowest BCUT2D eigenvalue weighted by Gasteiger charge is -2.22. The van der Waals surface area contributed by atoms with Crippen molar-refractivity contribution in [2.24, 2.45) is 5.92 Å². The lowest BCUT2D eigenvalue weighted by molar-refractivity contribution is -0.133. The van der Waals surface area contributed by atoms with E-state index in [2.05, 4.69) is 19.1 Å². The molecule has 2 nitrogen and oxygen atoms in total. The largest absolute Gasteiger partial charge is 0.338 e. The van der Waals surface area contributed by atoms with E-state index >= 15 is 0 Å². The smallest absolute Gasteiger partial charge is 0.226 e. The Balaban J connectivity index is 1.69. The van der Waals surface area contributed by atoms with Crippen LogP contribution in [0.5, 0.6) is 0 Å². The van der Waals surface area contributed by atoms with Crippen molar-refractivity contribution in [3.05, 3.63) is 70.7 Å². The van der Waals surface area contributed by atoms with Gasteiger partial charge >= 0.3 is 0 Å². The first-order valence-electron chi connectivity index (χ1n) is 8.28. The van der Waals surface area contributed by atoms with Gasteiger partial charge in [0.25, 0.3) is 0 Å². The maximum absolute atomic E-state index is 12.9. The number of halogens is 1. The fraction of sp³-hybridized carbons (Fsp3) is 0.350. The van der Waals surface area contributed by atoms with E-state index in [-0.39, 0.29) is 17.7 Å². The zero-order chi connectivity index (χ0) is 16.2. The van der Waals surface area contributed by atoms with Crippen LogP contribution in [0.3, 0.4) is 0 Å². The second-order valence-corrected chi connectivity index (χ2v) is 6.62. The highest BCUT2D eigenvalue weighted by Crippen LogP contribution is 2.50. The first-order valence-corrected chi connectivity index (χ1v) is 8.65. The van der Waals surface area contributed by atoms with Gasteiger partial charge < -0.3 is 4.90 Å². The Hall–Kier alpha value is -1.80. The molecule has 0 aliphatic heterocycles. The van der Waals surface area contributed by atoms with Gasteiger partial charge in [-0.3, -0.25) is 4.79 Å². The van der Waals surface area contributed by atoms with Gasteiger partial charge in [-0.1, -0.05) is 67.1 Å². The Labute approximate surface area is 143 Å². The van der Waals surface area contributed by atoms with Crippen molar-refractivity contribution in [1.82, 2.24) is 4.90 Å². The Morgan fingerprint density at radius 1 is 1.13 bits per heavy atom. The molecule has 3 rings (SSSR count). The summed E-state index contributed by atoms with van der Waals surface area (Å²) in [6, 6.07) is 18.1. The number of rotatable bonds is 6. The van der Waals surface area contributed by atoms with Crippen LogP contribution < -0.4 is 0 Å². The Morgan fingerprint density at radius 2 is 1.83 bits per heavy atom. The fourth-order valence-corrected chi connectivity index (χ4v) is 3.44. The summed E-state index contributed by atoms with van der Waals surface area (Å²) in [4.78, 5) is 14.9. The first kappa shape index (κ1) is 16.1. The number of benzene rings is 2. The topological polar surface area (TPSA) is 20.3 Å². The second kappa shape index (κ2) is 7.18. The molecule has 2 atom stereocenters. The highest BCUT2D eigenvalue weighted by Gasteiger charge is 2.46. The van der Waals surface area contributed by atoms with E-state index in [9.17, 15) is 4.79 Å². The lowest BCUT2D eigenvalue weighted by Crippen LogP contribution is -2.32. The monoisotopic (exact) mass is 327 g/mol. The molecule has 3 heteroatoms. The second-order valence-electron chi connectivity index (χ2n) is 6.22. The molecule has 0 aromatic heterocycles. The van der Waals surface area contributed by atoms with E-state index in [1.165, 1.54) is 5.56 Å². The summed E-state index contributed by atoms with van der Waals surface area (Å²) in [5.41, 5.74) is 2.30. The van der Waals surface area contributed by atoms with Crippen LogP contribution in [0.1, 0.15) is 36.8 Å². The van der Waals surface area contributed by atoms with Gasteiger partial charge in [0.2, 0.25) is 5.91 Å². The van der Waals surface area contributed by atoms with E-state index in [4.69, 9.17) is 11.6 Å². The van der Waals surface area contributed by atoms with Crippen molar-refractivity contribution in [2.45, 2.75) is 32.2 Å². The van der Waals surface area contributed by atoms with Gasteiger partial charge in [0, 0.05) is 24.0 Å². The van der Waals surface area contributed by atoms with E-state index in [0.29, 0.717) is 6.54 Å². The summed E-state index contributed by atoms with van der Waals surface area (Å²) in [5, 5.41) is 0.776. The molecule has 0 radical (unpaired) electrons. The van der Waals surface area contributed by atoms with Gasteiger partial charge in [-0.2, -0.15) is 0 Å². The maximum Gasteiger partial charge on any atom is 0.226 e. The van der Waals surface area contributed by atoms with Gasteiger partial charge in [0.05, 0.1) is 0 Å². The van der Waals surface area contributed by atoms with Crippen molar-refractivity contribution in [2.75, 3.05) is 6.54 Å². The highest BCUT2D eigenvalue weighted by molar-refractivity contribution is 6.31. The normalized spacial score (nSPS) is 19.4. The standard InChI is InChI=1S/C20H22ClNO/c1-2-12-22(14-15-8-4-3-5-9-15)20(23)18-13-17(18)16-10-6-7-11-19(16)21/h3-11,17-18H,2,12-14H2,1H3. The number of nitrogens with zero attached hydrogens (tertiary/aromatic N) is 1. The zero-order valence-electron chi connectivity index (χ0n) is 13.4. The molecule has 2 aromatic rings. The number of amides is 1. The maximum atomic E-state index is 12.9. The molecule has 1 amide bonds. The van der Waals surface area contributed by atoms with Crippen LogP contribution >= 0.6 is 11.6 Å². The average molecular weight is 328 g/mol. The Kier molecular flexibility index (Phi) is 5.02. The summed E-state index contributed by atoms with van der Waals surface area (Å²) >= 11 is 6.27. The van der Waals surface area contributed by atoms with Gasteiger partial charge in [-0.15, -0.1) is 0 Å². The van der Waals surface area contributed by atoms with Crippen molar-refractivity contribution >= 4 is 17.5 Å². The van der Waals surface area contributed by atoms with Crippen LogP contribution in [0.15, 0.2) is 54.6 Å². The molecule has 0 N–H and O–H groups in total. The number of carbonyl (C=O) groups is 1. The third kappa shape index (κ3) is 3.76. The first-order chi connectivity index (χ1) is 11.2. The van der Waals surface area contributed by atoms with E-state index in [1.807, 2.05) is 47.4 Å². The summed E-state index contributed by atoms with van der Waals surface area (Å²) in [5.74, 6) is 0.636. The predicted octanol–water partition coefficient (Wildman–Crippen LogP) is 4.88. The van der Waals surface area contributed by atoms with Crippen molar-refractivity contribution < 1.29 is 4.79 Å². The van der Waals surface area contributed by atoms with Crippen LogP contribution in [0.25, 0.3) is 0 Å². The molecule has 1 aliphatic carbocycles. The molecule has 23 heavy (non-hydrogen) atoms. The Bertz CT molecular complexity index is 670.